The number of aryl methyl sites for hydroxylation is 1. The fourth-order valence-electron chi connectivity index (χ4n) is 1.77. The molecule has 1 atom stereocenters. The van der Waals surface area contributed by atoms with Gasteiger partial charge in [-0.1, -0.05) is 6.92 Å². The Morgan fingerprint density at radius 3 is 2.89 bits per heavy atom. The van der Waals surface area contributed by atoms with Gasteiger partial charge in [0.15, 0.2) is 5.75 Å². The molecule has 6 heteroatoms. The minimum atomic E-state index is -0.633. The first-order chi connectivity index (χ1) is 8.74. The lowest BCUT2D eigenvalue weighted by atomic mass is 10.2. The summed E-state index contributed by atoms with van der Waals surface area (Å²) in [5.41, 5.74) is 0.726. The minimum absolute atomic E-state index is 0.453. The summed E-state index contributed by atoms with van der Waals surface area (Å²) < 4.78 is 12.0. The molecule has 0 amide bonds. The van der Waals surface area contributed by atoms with Crippen LogP contribution in [0.2, 0.25) is 0 Å². The largest absolute Gasteiger partial charge is 0.493 e. The first kappa shape index (κ1) is 14.9. The number of rotatable bonds is 9. The molecule has 0 aliphatic rings. The van der Waals surface area contributed by atoms with Crippen LogP contribution in [0.5, 0.6) is 5.75 Å². The molecule has 2 N–H and O–H groups in total. The molecule has 0 saturated carbocycles. The van der Waals surface area contributed by atoms with Gasteiger partial charge < -0.3 is 19.9 Å². The molecule has 0 aliphatic heterocycles. The van der Waals surface area contributed by atoms with Crippen molar-refractivity contribution in [2.45, 2.75) is 26.0 Å². The lowest BCUT2D eigenvalue weighted by molar-refractivity contribution is 0.150. The normalized spacial score (nSPS) is 12.7. The molecule has 0 fully saturated rings. The monoisotopic (exact) mass is 257 g/mol. The van der Waals surface area contributed by atoms with Crippen molar-refractivity contribution in [3.63, 3.8) is 0 Å². The van der Waals surface area contributed by atoms with Crippen molar-refractivity contribution in [2.75, 3.05) is 33.9 Å². The molecular formula is C12H23N3O3. The van der Waals surface area contributed by atoms with Crippen molar-refractivity contribution in [1.82, 2.24) is 15.1 Å². The van der Waals surface area contributed by atoms with E-state index in [-0.39, 0.29) is 0 Å². The van der Waals surface area contributed by atoms with Gasteiger partial charge in [-0.3, -0.25) is 4.68 Å². The lowest BCUT2D eigenvalue weighted by Crippen LogP contribution is -2.26. The molecule has 1 aromatic heterocycles. The van der Waals surface area contributed by atoms with E-state index in [0.717, 1.165) is 18.7 Å². The third-order valence-electron chi connectivity index (χ3n) is 2.64. The van der Waals surface area contributed by atoms with Crippen LogP contribution in [0, 0.1) is 0 Å². The molecule has 0 spiro atoms. The Morgan fingerprint density at radius 1 is 1.50 bits per heavy atom. The Morgan fingerprint density at radius 2 is 2.28 bits per heavy atom. The number of aliphatic hydroxyl groups is 1. The topological polar surface area (TPSA) is 68.5 Å². The third kappa shape index (κ3) is 3.97. The zero-order chi connectivity index (χ0) is 13.4. The Bertz CT molecular complexity index is 341. The first-order valence-electron chi connectivity index (χ1n) is 6.22. The van der Waals surface area contributed by atoms with Gasteiger partial charge in [-0.05, 0) is 6.42 Å². The molecule has 6 nitrogen and oxygen atoms in total. The van der Waals surface area contributed by atoms with Gasteiger partial charge in [0.05, 0.1) is 19.9 Å². The molecule has 18 heavy (non-hydrogen) atoms. The highest BCUT2D eigenvalue weighted by molar-refractivity contribution is 5.27. The Labute approximate surface area is 108 Å². The van der Waals surface area contributed by atoms with E-state index in [4.69, 9.17) is 9.47 Å². The number of nitrogens with zero attached hydrogens (tertiary/aromatic N) is 2. The number of ether oxygens (including phenoxy) is 2. The maximum atomic E-state index is 10.2. The van der Waals surface area contributed by atoms with Crippen molar-refractivity contribution in [3.8, 4) is 5.75 Å². The van der Waals surface area contributed by atoms with E-state index in [1.54, 1.807) is 25.1 Å². The average molecular weight is 257 g/mol. The zero-order valence-electron chi connectivity index (χ0n) is 11.3. The molecule has 1 heterocycles. The second kappa shape index (κ2) is 8.07. The molecule has 1 aromatic rings. The van der Waals surface area contributed by atoms with Crippen molar-refractivity contribution >= 4 is 0 Å². The molecule has 0 aliphatic carbocycles. The number of nitrogens with one attached hydrogen (secondary N) is 1. The second-order valence-corrected chi connectivity index (χ2v) is 4.03. The van der Waals surface area contributed by atoms with Crippen LogP contribution in [-0.2, 0) is 11.3 Å². The average Bonchev–Trinajstić information content (AvgIpc) is 2.78. The summed E-state index contributed by atoms with van der Waals surface area (Å²) in [6.45, 7) is 4.62. The molecule has 0 bridgehead atoms. The van der Waals surface area contributed by atoms with E-state index in [1.165, 1.54) is 0 Å². The van der Waals surface area contributed by atoms with E-state index in [2.05, 4.69) is 17.3 Å². The number of hydrogen-bond donors (Lipinski definition) is 2. The van der Waals surface area contributed by atoms with E-state index in [9.17, 15) is 5.11 Å². The molecule has 0 saturated heterocycles. The van der Waals surface area contributed by atoms with Gasteiger partial charge in [0.1, 0.15) is 11.8 Å². The van der Waals surface area contributed by atoms with E-state index >= 15 is 0 Å². The fraction of sp³-hybridized carbons (Fsp3) is 0.750. The number of methoxy groups -OCH3 is 2. The fourth-order valence-corrected chi connectivity index (χ4v) is 1.77. The van der Waals surface area contributed by atoms with Gasteiger partial charge in [0, 0.05) is 26.7 Å². The lowest BCUT2D eigenvalue weighted by Gasteiger charge is -2.15. The van der Waals surface area contributed by atoms with Crippen LogP contribution in [0.4, 0.5) is 0 Å². The van der Waals surface area contributed by atoms with E-state index in [0.29, 0.717) is 25.4 Å². The summed E-state index contributed by atoms with van der Waals surface area (Å²) in [5, 5.41) is 17.5. The predicted octanol–water partition coefficient (Wildman–Crippen LogP) is 0.571. The van der Waals surface area contributed by atoms with Crippen LogP contribution in [0.3, 0.4) is 0 Å². The van der Waals surface area contributed by atoms with Crippen molar-refractivity contribution in [2.24, 2.45) is 0 Å². The van der Waals surface area contributed by atoms with Gasteiger partial charge in [0.2, 0.25) is 0 Å². The quantitative estimate of drug-likeness (QED) is 0.633. The highest BCUT2D eigenvalue weighted by atomic mass is 16.5. The summed E-state index contributed by atoms with van der Waals surface area (Å²) in [6, 6.07) is 0. The maximum Gasteiger partial charge on any atom is 0.162 e. The zero-order valence-corrected chi connectivity index (χ0v) is 11.3. The third-order valence-corrected chi connectivity index (χ3v) is 2.64. The van der Waals surface area contributed by atoms with Crippen molar-refractivity contribution < 1.29 is 14.6 Å². The first-order valence-corrected chi connectivity index (χ1v) is 6.22. The molecule has 1 rings (SSSR count). The van der Waals surface area contributed by atoms with Crippen LogP contribution in [0.15, 0.2) is 6.20 Å². The van der Waals surface area contributed by atoms with E-state index < -0.39 is 6.10 Å². The van der Waals surface area contributed by atoms with E-state index in [1.807, 2.05) is 0 Å². The van der Waals surface area contributed by atoms with Gasteiger partial charge >= 0.3 is 0 Å². The summed E-state index contributed by atoms with van der Waals surface area (Å²) >= 11 is 0. The van der Waals surface area contributed by atoms with Gasteiger partial charge in [-0.15, -0.1) is 0 Å². The van der Waals surface area contributed by atoms with Crippen molar-refractivity contribution in [3.05, 3.63) is 11.9 Å². The molecule has 0 radical (unpaired) electrons. The highest BCUT2D eigenvalue weighted by Crippen LogP contribution is 2.24. The highest BCUT2D eigenvalue weighted by Gasteiger charge is 2.19. The minimum Gasteiger partial charge on any atom is -0.493 e. The van der Waals surface area contributed by atoms with Crippen LogP contribution in [0.1, 0.15) is 25.1 Å². The predicted molar refractivity (Wildman–Crippen MR) is 68.8 cm³/mol. The van der Waals surface area contributed by atoms with Gasteiger partial charge in [0.25, 0.3) is 0 Å². The number of hydrogen-bond acceptors (Lipinski definition) is 5. The van der Waals surface area contributed by atoms with Gasteiger partial charge in [-0.25, -0.2) is 0 Å². The standard InChI is InChI=1S/C12H23N3O3/c1-4-6-15-12(11(18-3)9-14-15)10(16)8-13-5-7-17-2/h9-10,13,16H,4-8H2,1-3H3. The van der Waals surface area contributed by atoms with Crippen LogP contribution < -0.4 is 10.1 Å². The summed E-state index contributed by atoms with van der Waals surface area (Å²) in [4.78, 5) is 0. The number of aromatic nitrogens is 2. The SMILES string of the molecule is CCCn1ncc(OC)c1C(O)CNCCOC. The summed E-state index contributed by atoms with van der Waals surface area (Å²) in [6.07, 6.45) is 1.97. The Kier molecular flexibility index (Phi) is 6.70. The van der Waals surface area contributed by atoms with Crippen molar-refractivity contribution in [1.29, 1.82) is 0 Å². The maximum absolute atomic E-state index is 10.2. The smallest absolute Gasteiger partial charge is 0.162 e. The summed E-state index contributed by atoms with van der Waals surface area (Å²) in [7, 11) is 3.24. The van der Waals surface area contributed by atoms with Gasteiger partial charge in [-0.2, -0.15) is 5.10 Å². The molecule has 1 unspecified atom stereocenters. The molecular weight excluding hydrogens is 234 g/mol. The Hall–Kier alpha value is -1.11. The number of aliphatic hydroxyl groups excluding tert-OH is 1. The van der Waals surface area contributed by atoms with Crippen LogP contribution in [0.25, 0.3) is 0 Å². The van der Waals surface area contributed by atoms with Crippen LogP contribution in [-0.4, -0.2) is 48.8 Å². The van der Waals surface area contributed by atoms with Crippen LogP contribution >= 0.6 is 0 Å². The molecule has 0 aromatic carbocycles. The summed E-state index contributed by atoms with van der Waals surface area (Å²) in [5.74, 6) is 0.629. The molecule has 104 valence electrons. The second-order valence-electron chi connectivity index (χ2n) is 4.03. The Balaban J connectivity index is 2.63.